The molecule has 0 radical (unpaired) electrons. The van der Waals surface area contributed by atoms with E-state index in [1.165, 1.54) is 0 Å². The second-order valence-electron chi connectivity index (χ2n) is 2.83. The summed E-state index contributed by atoms with van der Waals surface area (Å²) in [6.45, 7) is 0. The summed E-state index contributed by atoms with van der Waals surface area (Å²) in [4.78, 5) is 3.77. The summed E-state index contributed by atoms with van der Waals surface area (Å²) in [5.74, 6) is 0.313. The number of halogens is 4. The first-order chi connectivity index (χ1) is 8.08. The summed E-state index contributed by atoms with van der Waals surface area (Å²) in [5.41, 5.74) is 0. The van der Waals surface area contributed by atoms with Gasteiger partial charge in [-0.05, 0) is 23.7 Å². The second kappa shape index (κ2) is 5.23. The van der Waals surface area contributed by atoms with E-state index >= 15 is 0 Å². The van der Waals surface area contributed by atoms with Gasteiger partial charge in [-0.2, -0.15) is 4.98 Å². The van der Waals surface area contributed by atoms with E-state index in [2.05, 4.69) is 15.2 Å². The van der Waals surface area contributed by atoms with Crippen LogP contribution in [0.3, 0.4) is 0 Å². The van der Waals surface area contributed by atoms with E-state index in [-0.39, 0.29) is 21.3 Å². The minimum absolute atomic E-state index is 0.0100. The van der Waals surface area contributed by atoms with Crippen LogP contribution in [-0.4, -0.2) is 15.2 Å². The van der Waals surface area contributed by atoms with Crippen LogP contribution in [-0.2, 0) is 0 Å². The van der Waals surface area contributed by atoms with Crippen LogP contribution < -0.4 is 4.74 Å². The number of hydrogen-bond acceptors (Lipinski definition) is 4. The third-order valence-corrected chi connectivity index (χ3v) is 2.91. The highest BCUT2D eigenvalue weighted by atomic mass is 35.5. The minimum Gasteiger partial charge on any atom is -0.435 e. The molecule has 88 valence electrons. The van der Waals surface area contributed by atoms with Gasteiger partial charge in [-0.1, -0.05) is 40.9 Å². The number of benzene rings is 1. The van der Waals surface area contributed by atoms with Crippen LogP contribution in [0.25, 0.3) is 0 Å². The Kier molecular flexibility index (Phi) is 3.89. The molecule has 0 bridgehead atoms. The molecule has 0 amide bonds. The zero-order chi connectivity index (χ0) is 12.4. The Morgan fingerprint density at radius 1 is 1.00 bits per heavy atom. The maximum Gasteiger partial charge on any atom is 0.262 e. The molecule has 1 aromatic heterocycles. The molecule has 0 aliphatic rings. The average molecular weight is 311 g/mol. The van der Waals surface area contributed by atoms with Gasteiger partial charge in [0.05, 0.1) is 5.02 Å². The van der Waals surface area contributed by atoms with Gasteiger partial charge in [0.1, 0.15) is 10.8 Å². The SMILES string of the molecule is Clc1nnc(Cl)c(Oc2cccc(Cl)c2Cl)n1. The Morgan fingerprint density at radius 3 is 2.53 bits per heavy atom. The van der Waals surface area contributed by atoms with Crippen LogP contribution in [0.4, 0.5) is 0 Å². The maximum atomic E-state index is 5.94. The van der Waals surface area contributed by atoms with E-state index in [4.69, 9.17) is 51.1 Å². The monoisotopic (exact) mass is 309 g/mol. The van der Waals surface area contributed by atoms with E-state index in [0.717, 1.165) is 0 Å². The lowest BCUT2D eigenvalue weighted by molar-refractivity contribution is 0.457. The van der Waals surface area contributed by atoms with Crippen molar-refractivity contribution < 1.29 is 4.74 Å². The lowest BCUT2D eigenvalue weighted by Crippen LogP contribution is -1.95. The van der Waals surface area contributed by atoms with Crippen LogP contribution in [0.1, 0.15) is 0 Å². The van der Waals surface area contributed by atoms with Crippen molar-refractivity contribution in [3.63, 3.8) is 0 Å². The highest BCUT2D eigenvalue weighted by Crippen LogP contribution is 2.35. The van der Waals surface area contributed by atoms with Gasteiger partial charge in [-0.3, -0.25) is 0 Å². The lowest BCUT2D eigenvalue weighted by atomic mass is 10.3. The van der Waals surface area contributed by atoms with Crippen molar-refractivity contribution in [2.24, 2.45) is 0 Å². The molecule has 0 spiro atoms. The van der Waals surface area contributed by atoms with Gasteiger partial charge < -0.3 is 4.74 Å². The second-order valence-corrected chi connectivity index (χ2v) is 4.31. The summed E-state index contributed by atoms with van der Waals surface area (Å²) >= 11 is 23.1. The molecule has 0 saturated carbocycles. The van der Waals surface area contributed by atoms with Gasteiger partial charge in [0.15, 0.2) is 0 Å². The summed E-state index contributed by atoms with van der Waals surface area (Å²) in [6, 6.07) is 4.91. The Morgan fingerprint density at radius 2 is 1.76 bits per heavy atom. The van der Waals surface area contributed by atoms with E-state index in [1.807, 2.05) is 0 Å². The van der Waals surface area contributed by atoms with Gasteiger partial charge in [0.25, 0.3) is 5.88 Å². The first-order valence-corrected chi connectivity index (χ1v) is 5.76. The van der Waals surface area contributed by atoms with Gasteiger partial charge in [-0.25, -0.2) is 0 Å². The highest BCUT2D eigenvalue weighted by Gasteiger charge is 2.12. The van der Waals surface area contributed by atoms with Crippen molar-refractivity contribution in [3.8, 4) is 11.6 Å². The number of hydrogen-bond donors (Lipinski definition) is 0. The first-order valence-electron chi connectivity index (χ1n) is 4.25. The van der Waals surface area contributed by atoms with Gasteiger partial charge >= 0.3 is 0 Å². The summed E-state index contributed by atoms with van der Waals surface area (Å²) in [6.07, 6.45) is 0. The molecule has 0 N–H and O–H groups in total. The zero-order valence-corrected chi connectivity index (χ0v) is 11.0. The van der Waals surface area contributed by atoms with Gasteiger partial charge in [0.2, 0.25) is 10.4 Å². The molecule has 4 nitrogen and oxygen atoms in total. The predicted octanol–water partition coefficient (Wildman–Crippen LogP) is 4.28. The maximum absolute atomic E-state index is 5.94. The summed E-state index contributed by atoms with van der Waals surface area (Å²) in [7, 11) is 0. The van der Waals surface area contributed by atoms with Crippen LogP contribution in [0, 0.1) is 0 Å². The van der Waals surface area contributed by atoms with E-state index in [9.17, 15) is 0 Å². The van der Waals surface area contributed by atoms with Crippen LogP contribution in [0.15, 0.2) is 18.2 Å². The first kappa shape index (κ1) is 12.6. The van der Waals surface area contributed by atoms with Crippen molar-refractivity contribution in [1.82, 2.24) is 15.2 Å². The topological polar surface area (TPSA) is 47.9 Å². The molecule has 0 aliphatic carbocycles. The molecular weight excluding hydrogens is 308 g/mol. The van der Waals surface area contributed by atoms with Crippen LogP contribution in [0.2, 0.25) is 20.5 Å². The summed E-state index contributed by atoms with van der Waals surface area (Å²) in [5, 5.41) is 7.50. The Bertz CT molecular complexity index is 564. The smallest absolute Gasteiger partial charge is 0.262 e. The van der Waals surface area contributed by atoms with Crippen LogP contribution in [0.5, 0.6) is 11.6 Å². The van der Waals surface area contributed by atoms with Crippen molar-refractivity contribution >= 4 is 46.4 Å². The fraction of sp³-hybridized carbons (Fsp3) is 0. The fourth-order valence-corrected chi connectivity index (χ4v) is 1.58. The Labute approximate surface area is 116 Å². The molecular formula is C9H3Cl4N3O. The van der Waals surface area contributed by atoms with Gasteiger partial charge in [0, 0.05) is 0 Å². The fourth-order valence-electron chi connectivity index (χ4n) is 1.01. The summed E-state index contributed by atoms with van der Waals surface area (Å²) < 4.78 is 5.36. The third-order valence-electron chi connectivity index (χ3n) is 1.71. The minimum atomic E-state index is -0.0810. The molecule has 17 heavy (non-hydrogen) atoms. The highest BCUT2D eigenvalue weighted by molar-refractivity contribution is 6.43. The number of aromatic nitrogens is 3. The van der Waals surface area contributed by atoms with E-state index in [0.29, 0.717) is 10.8 Å². The predicted molar refractivity (Wildman–Crippen MR) is 66.4 cm³/mol. The lowest BCUT2D eigenvalue weighted by Gasteiger charge is -2.07. The van der Waals surface area contributed by atoms with Gasteiger partial charge in [-0.15, -0.1) is 10.2 Å². The quantitative estimate of drug-likeness (QED) is 0.830. The third kappa shape index (κ3) is 2.90. The molecule has 0 saturated heterocycles. The number of ether oxygens (including phenoxy) is 1. The molecule has 8 heteroatoms. The molecule has 0 fully saturated rings. The normalized spacial score (nSPS) is 10.4. The Hall–Kier alpha value is -0.810. The average Bonchev–Trinajstić information content (AvgIpc) is 2.30. The van der Waals surface area contributed by atoms with E-state index in [1.54, 1.807) is 18.2 Å². The molecule has 2 aromatic rings. The Balaban J connectivity index is 2.38. The molecule has 0 aliphatic heterocycles. The molecule has 2 rings (SSSR count). The van der Waals surface area contributed by atoms with Crippen molar-refractivity contribution in [3.05, 3.63) is 38.7 Å². The van der Waals surface area contributed by atoms with Crippen molar-refractivity contribution in [2.45, 2.75) is 0 Å². The van der Waals surface area contributed by atoms with E-state index < -0.39 is 0 Å². The largest absolute Gasteiger partial charge is 0.435 e. The number of rotatable bonds is 2. The standard InChI is InChI=1S/C9H3Cl4N3O/c10-4-2-1-3-5(6(4)11)17-8-7(12)15-16-9(13)14-8/h1-3H. The molecule has 0 unspecified atom stereocenters. The number of nitrogens with zero attached hydrogens (tertiary/aromatic N) is 3. The van der Waals surface area contributed by atoms with Crippen LogP contribution >= 0.6 is 46.4 Å². The molecule has 1 heterocycles. The van der Waals surface area contributed by atoms with Crippen molar-refractivity contribution in [2.75, 3.05) is 0 Å². The van der Waals surface area contributed by atoms with Crippen molar-refractivity contribution in [1.29, 1.82) is 0 Å². The molecule has 1 aromatic carbocycles. The zero-order valence-electron chi connectivity index (χ0n) is 7.99. The molecule has 0 atom stereocenters.